The third kappa shape index (κ3) is 4.35. The van der Waals surface area contributed by atoms with Crippen LogP contribution in [0.2, 0.25) is 5.02 Å². The summed E-state index contributed by atoms with van der Waals surface area (Å²) < 4.78 is 10.6. The molecule has 0 saturated carbocycles. The van der Waals surface area contributed by atoms with E-state index in [0.717, 1.165) is 18.7 Å². The van der Waals surface area contributed by atoms with Crippen molar-refractivity contribution >= 4 is 23.6 Å². The van der Waals surface area contributed by atoms with Crippen molar-refractivity contribution in [1.29, 1.82) is 0 Å². The number of amides is 2. The number of carbonyl (C=O) groups excluding carboxylic acids is 2. The quantitative estimate of drug-likeness (QED) is 0.647. The van der Waals surface area contributed by atoms with Crippen molar-refractivity contribution in [2.45, 2.75) is 13.0 Å². The van der Waals surface area contributed by atoms with Gasteiger partial charge in [0.2, 0.25) is 0 Å². The molecule has 0 unspecified atom stereocenters. The van der Waals surface area contributed by atoms with Crippen LogP contribution in [0, 0.1) is 0 Å². The van der Waals surface area contributed by atoms with Crippen LogP contribution in [-0.4, -0.2) is 51.5 Å². The number of hydrogen-bond acceptors (Lipinski definition) is 4. The summed E-state index contributed by atoms with van der Waals surface area (Å²) in [7, 11) is 0. The van der Waals surface area contributed by atoms with Gasteiger partial charge in [-0.25, -0.2) is 9.59 Å². The van der Waals surface area contributed by atoms with E-state index < -0.39 is 12.0 Å². The summed E-state index contributed by atoms with van der Waals surface area (Å²) in [5.74, 6) is -0.428. The zero-order chi connectivity index (χ0) is 18.5. The van der Waals surface area contributed by atoms with Gasteiger partial charge in [-0.05, 0) is 24.6 Å². The number of nitrogens with one attached hydrogen (secondary N) is 3. The lowest BCUT2D eigenvalue weighted by molar-refractivity contribution is -0.903. The van der Waals surface area contributed by atoms with Gasteiger partial charge in [0, 0.05) is 5.02 Å². The molecule has 0 bridgehead atoms. The van der Waals surface area contributed by atoms with Crippen molar-refractivity contribution in [3.8, 4) is 0 Å². The number of halogens is 1. The number of morpholine rings is 1. The highest BCUT2D eigenvalue weighted by molar-refractivity contribution is 6.30. The van der Waals surface area contributed by atoms with Gasteiger partial charge in [0.05, 0.1) is 37.1 Å². The average molecular weight is 381 g/mol. The largest absolute Gasteiger partial charge is 0.463 e. The van der Waals surface area contributed by atoms with Crippen LogP contribution in [0.3, 0.4) is 0 Å². The summed E-state index contributed by atoms with van der Waals surface area (Å²) in [6.07, 6.45) is 0. The Hall–Kier alpha value is -2.09. The van der Waals surface area contributed by atoms with E-state index in [-0.39, 0.29) is 12.6 Å². The van der Waals surface area contributed by atoms with Gasteiger partial charge >= 0.3 is 12.0 Å². The first-order valence-corrected chi connectivity index (χ1v) is 9.10. The van der Waals surface area contributed by atoms with Crippen LogP contribution in [0.5, 0.6) is 0 Å². The van der Waals surface area contributed by atoms with Crippen LogP contribution in [0.15, 0.2) is 35.5 Å². The van der Waals surface area contributed by atoms with Crippen LogP contribution >= 0.6 is 11.6 Å². The van der Waals surface area contributed by atoms with Crippen molar-refractivity contribution in [2.75, 3.05) is 39.5 Å². The molecule has 26 heavy (non-hydrogen) atoms. The molecule has 3 rings (SSSR count). The first kappa shape index (κ1) is 18.7. The van der Waals surface area contributed by atoms with Crippen molar-refractivity contribution in [2.24, 2.45) is 0 Å². The van der Waals surface area contributed by atoms with Crippen molar-refractivity contribution in [1.82, 2.24) is 10.6 Å². The van der Waals surface area contributed by atoms with Gasteiger partial charge in [-0.1, -0.05) is 23.7 Å². The van der Waals surface area contributed by atoms with E-state index in [1.807, 2.05) is 0 Å². The molecule has 2 heterocycles. The molecule has 2 aliphatic rings. The van der Waals surface area contributed by atoms with Crippen LogP contribution in [0.4, 0.5) is 4.79 Å². The van der Waals surface area contributed by atoms with E-state index in [1.54, 1.807) is 31.2 Å². The molecule has 2 amide bonds. The van der Waals surface area contributed by atoms with Crippen LogP contribution in [0.25, 0.3) is 0 Å². The molecule has 1 aromatic rings. The Bertz CT molecular complexity index is 699. The molecule has 1 atom stereocenters. The minimum atomic E-state index is -0.574. The van der Waals surface area contributed by atoms with Crippen molar-refractivity contribution in [3.63, 3.8) is 0 Å². The molecule has 0 spiro atoms. The molecule has 2 aliphatic heterocycles. The van der Waals surface area contributed by atoms with Crippen LogP contribution < -0.4 is 15.5 Å². The molecule has 0 radical (unpaired) electrons. The third-order valence-electron chi connectivity index (χ3n) is 4.48. The van der Waals surface area contributed by atoms with Gasteiger partial charge < -0.3 is 25.0 Å². The molecular weight excluding hydrogens is 358 g/mol. The van der Waals surface area contributed by atoms with E-state index in [9.17, 15) is 9.59 Å². The Kier molecular flexibility index (Phi) is 6.13. The molecule has 140 valence electrons. The fourth-order valence-corrected chi connectivity index (χ4v) is 3.33. The Morgan fingerprint density at radius 1 is 1.31 bits per heavy atom. The Labute approximate surface area is 157 Å². The standard InChI is InChI=1S/C18H22ClN3O4/c1-2-26-17(23)15-14(11-22-7-9-25-10-8-22)20-18(24)21-16(15)12-3-5-13(19)6-4-12/h3-6,16H,2,7-11H2,1H3,(H2,20,21,24)/p+1/t16-/m0/s1. The molecule has 1 fully saturated rings. The number of ether oxygens (including phenoxy) is 2. The SMILES string of the molecule is CCOC(=O)C1=C(C[NH+]2CCOCC2)NC(=O)N[C@H]1c1ccc(Cl)cc1. The van der Waals surface area contributed by atoms with E-state index in [0.29, 0.717) is 36.1 Å². The summed E-state index contributed by atoms with van der Waals surface area (Å²) in [5.41, 5.74) is 1.82. The lowest BCUT2D eigenvalue weighted by Gasteiger charge is -2.31. The fourth-order valence-electron chi connectivity index (χ4n) is 3.20. The van der Waals surface area contributed by atoms with E-state index in [1.165, 1.54) is 4.90 Å². The number of carbonyl (C=O) groups is 2. The fraction of sp³-hybridized carbons (Fsp3) is 0.444. The Balaban J connectivity index is 1.96. The van der Waals surface area contributed by atoms with Crippen molar-refractivity contribution < 1.29 is 24.0 Å². The first-order valence-electron chi connectivity index (χ1n) is 8.73. The van der Waals surface area contributed by atoms with E-state index in [2.05, 4.69) is 10.6 Å². The molecule has 0 aromatic heterocycles. The predicted molar refractivity (Wildman–Crippen MR) is 95.9 cm³/mol. The maximum absolute atomic E-state index is 12.7. The molecule has 1 saturated heterocycles. The summed E-state index contributed by atoms with van der Waals surface area (Å²) in [4.78, 5) is 26.2. The van der Waals surface area contributed by atoms with Gasteiger partial charge in [-0.2, -0.15) is 0 Å². The Morgan fingerprint density at radius 2 is 2.00 bits per heavy atom. The molecule has 3 N–H and O–H groups in total. The summed E-state index contributed by atoms with van der Waals surface area (Å²) in [6, 6.07) is 6.17. The van der Waals surface area contributed by atoms with E-state index in [4.69, 9.17) is 21.1 Å². The highest BCUT2D eigenvalue weighted by atomic mass is 35.5. The van der Waals surface area contributed by atoms with Gasteiger partial charge in [0.1, 0.15) is 19.6 Å². The normalized spacial score (nSPS) is 21.2. The van der Waals surface area contributed by atoms with Gasteiger partial charge in [0.15, 0.2) is 0 Å². The zero-order valence-corrected chi connectivity index (χ0v) is 15.4. The number of rotatable bonds is 5. The second-order valence-corrected chi connectivity index (χ2v) is 6.67. The topological polar surface area (TPSA) is 81.1 Å². The summed E-state index contributed by atoms with van der Waals surface area (Å²) in [5, 5.41) is 6.22. The predicted octanol–water partition coefficient (Wildman–Crippen LogP) is 0.426. The number of esters is 1. The first-order chi connectivity index (χ1) is 12.6. The number of quaternary nitrogens is 1. The lowest BCUT2D eigenvalue weighted by atomic mass is 9.95. The summed E-state index contributed by atoms with van der Waals surface area (Å²) in [6.45, 7) is 5.56. The zero-order valence-electron chi connectivity index (χ0n) is 14.6. The molecule has 0 aliphatic carbocycles. The van der Waals surface area contributed by atoms with Crippen LogP contribution in [0.1, 0.15) is 18.5 Å². The second-order valence-electron chi connectivity index (χ2n) is 6.23. The van der Waals surface area contributed by atoms with Gasteiger partial charge in [-0.3, -0.25) is 0 Å². The van der Waals surface area contributed by atoms with Crippen LogP contribution in [-0.2, 0) is 14.3 Å². The highest BCUT2D eigenvalue weighted by Gasteiger charge is 2.35. The second kappa shape index (κ2) is 8.53. The molecule has 8 heteroatoms. The number of hydrogen-bond donors (Lipinski definition) is 3. The molecular formula is C18H23ClN3O4+. The monoisotopic (exact) mass is 380 g/mol. The number of benzene rings is 1. The molecule has 1 aromatic carbocycles. The molecule has 7 nitrogen and oxygen atoms in total. The Morgan fingerprint density at radius 3 is 2.65 bits per heavy atom. The average Bonchev–Trinajstić information content (AvgIpc) is 2.63. The highest BCUT2D eigenvalue weighted by Crippen LogP contribution is 2.28. The lowest BCUT2D eigenvalue weighted by Crippen LogP contribution is -3.14. The third-order valence-corrected chi connectivity index (χ3v) is 4.73. The smallest absolute Gasteiger partial charge is 0.338 e. The minimum Gasteiger partial charge on any atom is -0.463 e. The van der Waals surface area contributed by atoms with Crippen molar-refractivity contribution in [3.05, 3.63) is 46.1 Å². The van der Waals surface area contributed by atoms with E-state index >= 15 is 0 Å². The minimum absolute atomic E-state index is 0.265. The number of urea groups is 1. The van der Waals surface area contributed by atoms with Gasteiger partial charge in [-0.15, -0.1) is 0 Å². The summed E-state index contributed by atoms with van der Waals surface area (Å²) >= 11 is 5.97. The maximum Gasteiger partial charge on any atom is 0.338 e. The van der Waals surface area contributed by atoms with Gasteiger partial charge in [0.25, 0.3) is 0 Å². The maximum atomic E-state index is 12.7.